The Hall–Kier alpha value is -2.18. The fourth-order valence-electron chi connectivity index (χ4n) is 3.22. The van der Waals surface area contributed by atoms with E-state index in [-0.39, 0.29) is 24.8 Å². The molecule has 4 rings (SSSR count). The Morgan fingerprint density at radius 1 is 1.12 bits per heavy atom. The Labute approximate surface area is 161 Å². The van der Waals surface area contributed by atoms with E-state index in [9.17, 15) is 5.11 Å². The molecular weight excluding hydrogens is 396 g/mol. The molecule has 0 aromatic heterocycles. The second-order valence-electron chi connectivity index (χ2n) is 6.86. The Balaban J connectivity index is 1.74. The van der Waals surface area contributed by atoms with E-state index in [0.717, 1.165) is 32.8 Å². The summed E-state index contributed by atoms with van der Waals surface area (Å²) in [6, 6.07) is 11.3. The van der Waals surface area contributed by atoms with E-state index in [2.05, 4.69) is 46.5 Å². The summed E-state index contributed by atoms with van der Waals surface area (Å²) in [5, 5.41) is 17.5. The quantitative estimate of drug-likeness (QED) is 0.701. The van der Waals surface area contributed by atoms with Crippen LogP contribution >= 0.6 is 15.9 Å². The highest BCUT2D eigenvalue weighted by atomic mass is 79.9. The number of nitrogens with one attached hydrogen (secondary N) is 2. The summed E-state index contributed by atoms with van der Waals surface area (Å²) in [6.45, 7) is 4.58. The first-order valence-electron chi connectivity index (χ1n) is 8.64. The highest BCUT2D eigenvalue weighted by Crippen LogP contribution is 2.37. The van der Waals surface area contributed by atoms with Gasteiger partial charge < -0.3 is 19.9 Å². The third-order valence-electron chi connectivity index (χ3n) is 4.68. The molecule has 136 valence electrons. The number of fused-ring (bicyclic) bond motifs is 1. The largest absolute Gasteiger partial charge is 0.508 e. The van der Waals surface area contributed by atoms with Gasteiger partial charge in [0.15, 0.2) is 11.5 Å². The molecule has 2 aromatic rings. The van der Waals surface area contributed by atoms with E-state index in [0.29, 0.717) is 5.92 Å². The van der Waals surface area contributed by atoms with Crippen LogP contribution in [0.4, 0.5) is 0 Å². The molecule has 0 radical (unpaired) electrons. The van der Waals surface area contributed by atoms with Gasteiger partial charge in [0.25, 0.3) is 0 Å². The van der Waals surface area contributed by atoms with Crippen molar-refractivity contribution in [1.82, 2.24) is 10.6 Å². The molecule has 0 fully saturated rings. The molecule has 0 amide bonds. The molecule has 2 aliphatic rings. The predicted molar refractivity (Wildman–Crippen MR) is 104 cm³/mol. The van der Waals surface area contributed by atoms with E-state index < -0.39 is 0 Å². The Morgan fingerprint density at radius 3 is 2.73 bits per heavy atom. The summed E-state index contributed by atoms with van der Waals surface area (Å²) in [5.41, 5.74) is 2.87. The monoisotopic (exact) mass is 416 g/mol. The van der Waals surface area contributed by atoms with Crippen molar-refractivity contribution < 1.29 is 14.6 Å². The van der Waals surface area contributed by atoms with Crippen molar-refractivity contribution in [2.75, 3.05) is 6.79 Å². The number of aromatic hydroxyl groups is 1. The minimum atomic E-state index is -0.110. The molecule has 2 aromatic carbocycles. The van der Waals surface area contributed by atoms with Crippen LogP contribution in [0.1, 0.15) is 31.0 Å². The van der Waals surface area contributed by atoms with Crippen LogP contribution in [0.15, 0.2) is 46.9 Å². The smallest absolute Gasteiger partial charge is 0.231 e. The van der Waals surface area contributed by atoms with Crippen LogP contribution in [0, 0.1) is 5.92 Å². The molecule has 5 nitrogen and oxygen atoms in total. The maximum Gasteiger partial charge on any atom is 0.231 e. The number of ether oxygens (including phenoxy) is 2. The molecule has 0 bridgehead atoms. The fraction of sp³-hybridized carbons (Fsp3) is 0.300. The van der Waals surface area contributed by atoms with Gasteiger partial charge in [-0.05, 0) is 48.4 Å². The van der Waals surface area contributed by atoms with Gasteiger partial charge in [-0.15, -0.1) is 0 Å². The zero-order chi connectivity index (χ0) is 18.3. The molecule has 2 heterocycles. The molecule has 3 N–H and O–H groups in total. The average Bonchev–Trinajstić information content (AvgIpc) is 3.11. The minimum absolute atomic E-state index is 0.0730. The molecule has 26 heavy (non-hydrogen) atoms. The maximum atomic E-state index is 10.3. The van der Waals surface area contributed by atoms with Crippen LogP contribution < -0.4 is 20.1 Å². The van der Waals surface area contributed by atoms with E-state index in [1.807, 2.05) is 30.3 Å². The zero-order valence-electron chi connectivity index (χ0n) is 14.6. The van der Waals surface area contributed by atoms with Gasteiger partial charge >= 0.3 is 0 Å². The second-order valence-corrected chi connectivity index (χ2v) is 7.78. The van der Waals surface area contributed by atoms with Crippen LogP contribution in [0.25, 0.3) is 5.70 Å². The number of rotatable bonds is 3. The topological polar surface area (TPSA) is 62.8 Å². The second kappa shape index (κ2) is 6.85. The van der Waals surface area contributed by atoms with Crippen LogP contribution in [0.5, 0.6) is 17.2 Å². The molecule has 0 saturated heterocycles. The molecule has 0 saturated carbocycles. The molecular formula is C20H21BrN2O3. The summed E-state index contributed by atoms with van der Waals surface area (Å²) in [6.07, 6.45) is 2.17. The van der Waals surface area contributed by atoms with Gasteiger partial charge in [-0.1, -0.05) is 29.8 Å². The summed E-state index contributed by atoms with van der Waals surface area (Å²) in [5.74, 6) is 2.16. The summed E-state index contributed by atoms with van der Waals surface area (Å²) in [7, 11) is 0. The highest BCUT2D eigenvalue weighted by Gasteiger charge is 2.27. The lowest BCUT2D eigenvalue weighted by molar-refractivity contribution is 0.174. The maximum absolute atomic E-state index is 10.3. The molecule has 2 aliphatic heterocycles. The first-order valence-corrected chi connectivity index (χ1v) is 9.43. The van der Waals surface area contributed by atoms with Crippen molar-refractivity contribution in [3.05, 3.63) is 58.1 Å². The molecule has 2 unspecified atom stereocenters. The number of phenols is 1. The SMILES string of the molecule is CC(C)C1NC(c2ccc3c(c2)OCO3)=CC(c2cc(Br)ccc2O)N1. The van der Waals surface area contributed by atoms with Crippen LogP contribution in [0.3, 0.4) is 0 Å². The van der Waals surface area contributed by atoms with Gasteiger partial charge in [-0.25, -0.2) is 0 Å². The van der Waals surface area contributed by atoms with E-state index in [1.54, 1.807) is 6.07 Å². The van der Waals surface area contributed by atoms with Gasteiger partial charge in [0.2, 0.25) is 6.79 Å². The lowest BCUT2D eigenvalue weighted by Gasteiger charge is -2.35. The Bertz CT molecular complexity index is 866. The minimum Gasteiger partial charge on any atom is -0.508 e. The van der Waals surface area contributed by atoms with Crippen LogP contribution in [-0.4, -0.2) is 18.1 Å². The zero-order valence-corrected chi connectivity index (χ0v) is 16.2. The van der Waals surface area contributed by atoms with Crippen LogP contribution in [0.2, 0.25) is 0 Å². The van der Waals surface area contributed by atoms with Crippen molar-refractivity contribution >= 4 is 21.6 Å². The molecule has 2 atom stereocenters. The lowest BCUT2D eigenvalue weighted by Crippen LogP contribution is -2.49. The normalized spacial score (nSPS) is 21.5. The van der Waals surface area contributed by atoms with Gasteiger partial charge in [0.1, 0.15) is 5.75 Å². The van der Waals surface area contributed by atoms with E-state index in [1.165, 1.54) is 0 Å². The molecule has 0 spiro atoms. The van der Waals surface area contributed by atoms with Crippen molar-refractivity contribution in [3.8, 4) is 17.2 Å². The van der Waals surface area contributed by atoms with Crippen molar-refractivity contribution in [3.63, 3.8) is 0 Å². The average molecular weight is 417 g/mol. The van der Waals surface area contributed by atoms with Crippen molar-refractivity contribution in [2.24, 2.45) is 5.92 Å². The summed E-state index contributed by atoms with van der Waals surface area (Å²) >= 11 is 3.50. The first kappa shape index (κ1) is 17.2. The summed E-state index contributed by atoms with van der Waals surface area (Å²) < 4.78 is 11.9. The Morgan fingerprint density at radius 2 is 1.92 bits per heavy atom. The number of hydrogen-bond donors (Lipinski definition) is 3. The first-order chi connectivity index (χ1) is 12.5. The number of halogens is 1. The third-order valence-corrected chi connectivity index (χ3v) is 5.17. The standard InChI is InChI=1S/C20H21BrN2O3/c1-11(2)20-22-15(12-3-6-18-19(7-12)26-10-25-18)9-16(23-20)14-8-13(21)4-5-17(14)24/h3-9,11,16,20,22-24H,10H2,1-2H3. The van der Waals surface area contributed by atoms with E-state index >= 15 is 0 Å². The predicted octanol–water partition coefficient (Wildman–Crippen LogP) is 4.14. The molecule has 6 heteroatoms. The van der Waals surface area contributed by atoms with Crippen molar-refractivity contribution in [2.45, 2.75) is 26.1 Å². The van der Waals surface area contributed by atoms with Crippen LogP contribution in [-0.2, 0) is 0 Å². The van der Waals surface area contributed by atoms with Gasteiger partial charge in [0.05, 0.1) is 12.2 Å². The van der Waals surface area contributed by atoms with Crippen molar-refractivity contribution in [1.29, 1.82) is 0 Å². The summed E-state index contributed by atoms with van der Waals surface area (Å²) in [4.78, 5) is 0. The Kier molecular flexibility index (Phi) is 4.54. The lowest BCUT2D eigenvalue weighted by atomic mass is 9.97. The highest BCUT2D eigenvalue weighted by molar-refractivity contribution is 9.10. The van der Waals surface area contributed by atoms with Gasteiger partial charge in [0, 0.05) is 21.3 Å². The van der Waals surface area contributed by atoms with E-state index in [4.69, 9.17) is 9.47 Å². The number of phenolic OH excluding ortho intramolecular Hbond substituents is 1. The fourth-order valence-corrected chi connectivity index (χ4v) is 3.60. The third kappa shape index (κ3) is 3.27. The molecule has 0 aliphatic carbocycles. The number of benzene rings is 2. The van der Waals surface area contributed by atoms with Gasteiger partial charge in [-0.2, -0.15) is 0 Å². The number of hydrogen-bond acceptors (Lipinski definition) is 5. The van der Waals surface area contributed by atoms with Gasteiger partial charge in [-0.3, -0.25) is 5.32 Å².